The number of hydrogen-bond acceptors (Lipinski definition) is 8. The van der Waals surface area contributed by atoms with Crippen LogP contribution in [0.2, 0.25) is 0 Å². The molecule has 9 heteroatoms. The Morgan fingerprint density at radius 2 is 1.80 bits per heavy atom. The van der Waals surface area contributed by atoms with Gasteiger partial charge in [0.2, 0.25) is 0 Å². The molecule has 41 heavy (non-hydrogen) atoms. The molecule has 3 aromatic rings. The van der Waals surface area contributed by atoms with Crippen molar-refractivity contribution in [3.8, 4) is 11.8 Å². The number of aryl methyl sites for hydroxylation is 2. The van der Waals surface area contributed by atoms with E-state index < -0.39 is 0 Å². The van der Waals surface area contributed by atoms with Crippen molar-refractivity contribution < 1.29 is 14.3 Å². The molecule has 1 atom stereocenters. The van der Waals surface area contributed by atoms with Gasteiger partial charge in [-0.2, -0.15) is 5.26 Å². The summed E-state index contributed by atoms with van der Waals surface area (Å²) in [6.07, 6.45) is 4.31. The molecule has 1 unspecified atom stereocenters. The molecule has 0 saturated carbocycles. The Morgan fingerprint density at radius 3 is 2.44 bits per heavy atom. The van der Waals surface area contributed by atoms with E-state index in [0.717, 1.165) is 43.6 Å². The number of nitrogens with one attached hydrogen (secondary N) is 1. The van der Waals surface area contributed by atoms with Crippen LogP contribution in [0.1, 0.15) is 66.0 Å². The topological polar surface area (TPSA) is 111 Å². The number of esters is 1. The number of anilines is 1. The van der Waals surface area contributed by atoms with Crippen molar-refractivity contribution >= 4 is 17.6 Å². The number of aromatic nitrogens is 2. The first-order chi connectivity index (χ1) is 19.7. The van der Waals surface area contributed by atoms with Gasteiger partial charge in [-0.1, -0.05) is 12.1 Å². The largest absolute Gasteiger partial charge is 0.427 e. The van der Waals surface area contributed by atoms with Crippen LogP contribution in [0.15, 0.2) is 54.9 Å². The van der Waals surface area contributed by atoms with Crippen molar-refractivity contribution in [3.63, 3.8) is 0 Å². The van der Waals surface area contributed by atoms with Crippen molar-refractivity contribution in [1.29, 1.82) is 5.26 Å². The van der Waals surface area contributed by atoms with E-state index in [9.17, 15) is 14.9 Å². The van der Waals surface area contributed by atoms with Gasteiger partial charge in [0.15, 0.2) is 0 Å². The number of benzene rings is 2. The summed E-state index contributed by atoms with van der Waals surface area (Å²) in [5.41, 5.74) is 4.71. The van der Waals surface area contributed by atoms with E-state index in [-0.39, 0.29) is 11.9 Å². The van der Waals surface area contributed by atoms with Crippen molar-refractivity contribution in [2.24, 2.45) is 0 Å². The summed E-state index contributed by atoms with van der Waals surface area (Å²) in [7, 11) is 0. The van der Waals surface area contributed by atoms with E-state index in [4.69, 9.17) is 4.74 Å². The van der Waals surface area contributed by atoms with Gasteiger partial charge < -0.3 is 19.9 Å². The molecule has 1 aliphatic heterocycles. The highest BCUT2D eigenvalue weighted by Crippen LogP contribution is 2.29. The van der Waals surface area contributed by atoms with E-state index in [1.165, 1.54) is 13.3 Å². The van der Waals surface area contributed by atoms with Gasteiger partial charge in [-0.3, -0.25) is 9.59 Å². The maximum absolute atomic E-state index is 12.7. The number of ether oxygens (including phenoxy) is 1. The van der Waals surface area contributed by atoms with Gasteiger partial charge in [0.1, 0.15) is 12.1 Å². The second kappa shape index (κ2) is 13.9. The third-order valence-electron chi connectivity index (χ3n) is 7.70. The summed E-state index contributed by atoms with van der Waals surface area (Å²) in [5.74, 6) is 0.0548. The van der Waals surface area contributed by atoms with Crippen LogP contribution in [0.5, 0.6) is 5.75 Å². The molecule has 214 valence electrons. The standard InChI is InChI=1S/C32H38N6O3/c1-22(12-15-34-32(40)31-23(2)35-21-36-24(31)3)37-16-13-29(14-17-37)38(20-27-7-5-6-26(18-27)19-33)28-8-10-30(11-9-28)41-25(4)39/h5-11,18,21-22,29H,12-17,20H2,1-4H3,(H,34,40). The predicted octanol–water partition coefficient (Wildman–Crippen LogP) is 4.57. The van der Waals surface area contributed by atoms with E-state index in [1.54, 1.807) is 0 Å². The highest BCUT2D eigenvalue weighted by atomic mass is 16.5. The van der Waals surface area contributed by atoms with Crippen LogP contribution in [0.25, 0.3) is 0 Å². The number of carbonyl (C=O) groups excluding carboxylic acids is 2. The minimum atomic E-state index is -0.344. The molecule has 2 heterocycles. The molecule has 1 amide bonds. The lowest BCUT2D eigenvalue weighted by Crippen LogP contribution is -2.48. The molecule has 0 radical (unpaired) electrons. The summed E-state index contributed by atoms with van der Waals surface area (Å²) in [4.78, 5) is 37.3. The van der Waals surface area contributed by atoms with Gasteiger partial charge in [0.05, 0.1) is 28.6 Å². The van der Waals surface area contributed by atoms with Crippen molar-refractivity contribution in [2.45, 2.75) is 65.6 Å². The van der Waals surface area contributed by atoms with Crippen molar-refractivity contribution in [1.82, 2.24) is 20.2 Å². The fourth-order valence-electron chi connectivity index (χ4n) is 5.46. The predicted molar refractivity (Wildman–Crippen MR) is 158 cm³/mol. The highest BCUT2D eigenvalue weighted by molar-refractivity contribution is 5.96. The lowest BCUT2D eigenvalue weighted by molar-refractivity contribution is -0.131. The lowest BCUT2D eigenvalue weighted by atomic mass is 9.99. The quantitative estimate of drug-likeness (QED) is 0.287. The minimum absolute atomic E-state index is 0.123. The minimum Gasteiger partial charge on any atom is -0.427 e. The van der Waals surface area contributed by atoms with Crippen LogP contribution in [-0.4, -0.2) is 58.5 Å². The second-order valence-electron chi connectivity index (χ2n) is 10.6. The third kappa shape index (κ3) is 7.89. The normalized spacial score (nSPS) is 14.6. The maximum atomic E-state index is 12.7. The summed E-state index contributed by atoms with van der Waals surface area (Å²) in [6, 6.07) is 18.2. The summed E-state index contributed by atoms with van der Waals surface area (Å²) >= 11 is 0. The van der Waals surface area contributed by atoms with Crippen LogP contribution in [-0.2, 0) is 11.3 Å². The Bertz CT molecular complexity index is 1370. The Balaban J connectivity index is 1.37. The molecule has 1 aliphatic rings. The number of nitrogens with zero attached hydrogens (tertiary/aromatic N) is 5. The van der Waals surface area contributed by atoms with E-state index in [0.29, 0.717) is 53.4 Å². The summed E-state index contributed by atoms with van der Waals surface area (Å²) < 4.78 is 5.23. The monoisotopic (exact) mass is 554 g/mol. The molecule has 0 spiro atoms. The van der Waals surface area contributed by atoms with E-state index >= 15 is 0 Å². The lowest BCUT2D eigenvalue weighted by Gasteiger charge is -2.42. The van der Waals surface area contributed by atoms with E-state index in [1.807, 2.05) is 56.3 Å². The van der Waals surface area contributed by atoms with Crippen molar-refractivity contribution in [2.75, 3.05) is 24.5 Å². The van der Waals surface area contributed by atoms with E-state index in [2.05, 4.69) is 44.1 Å². The Hall–Kier alpha value is -4.29. The summed E-state index contributed by atoms with van der Waals surface area (Å²) in [5, 5.41) is 12.4. The first-order valence-corrected chi connectivity index (χ1v) is 14.1. The van der Waals surface area contributed by atoms with Crippen LogP contribution in [0, 0.1) is 25.2 Å². The molecular weight excluding hydrogens is 516 g/mol. The van der Waals surface area contributed by atoms with Crippen LogP contribution < -0.4 is 15.0 Å². The van der Waals surface area contributed by atoms with Gasteiger partial charge in [0.25, 0.3) is 5.91 Å². The molecule has 0 aliphatic carbocycles. The summed E-state index contributed by atoms with van der Waals surface area (Å²) in [6.45, 7) is 10.4. The Morgan fingerprint density at radius 1 is 1.12 bits per heavy atom. The SMILES string of the molecule is CC(=O)Oc1ccc(N(Cc2cccc(C#N)c2)C2CCN(C(C)CCNC(=O)c3c(C)ncnc3C)CC2)cc1. The highest BCUT2D eigenvalue weighted by Gasteiger charge is 2.27. The molecule has 1 N–H and O–H groups in total. The molecule has 1 aromatic heterocycles. The van der Waals surface area contributed by atoms with Gasteiger partial charge in [-0.25, -0.2) is 9.97 Å². The molecular formula is C32H38N6O3. The fourth-order valence-corrected chi connectivity index (χ4v) is 5.46. The van der Waals surface area contributed by atoms with Crippen molar-refractivity contribution in [3.05, 3.63) is 82.9 Å². The average molecular weight is 555 g/mol. The third-order valence-corrected chi connectivity index (χ3v) is 7.70. The zero-order chi connectivity index (χ0) is 29.4. The zero-order valence-electron chi connectivity index (χ0n) is 24.3. The second-order valence-corrected chi connectivity index (χ2v) is 10.6. The van der Waals surface area contributed by atoms with Crippen LogP contribution >= 0.6 is 0 Å². The Kier molecular flexibility index (Phi) is 10.0. The number of carbonyl (C=O) groups is 2. The Labute approximate surface area is 242 Å². The maximum Gasteiger partial charge on any atom is 0.308 e. The average Bonchev–Trinajstić information content (AvgIpc) is 2.96. The number of amides is 1. The number of rotatable bonds is 10. The molecule has 0 bridgehead atoms. The number of piperidine rings is 1. The van der Waals surface area contributed by atoms with Gasteiger partial charge >= 0.3 is 5.97 Å². The van der Waals surface area contributed by atoms with Gasteiger partial charge in [-0.15, -0.1) is 0 Å². The molecule has 4 rings (SSSR count). The van der Waals surface area contributed by atoms with Gasteiger partial charge in [0, 0.05) is 50.9 Å². The fraction of sp³-hybridized carbons (Fsp3) is 0.406. The number of hydrogen-bond donors (Lipinski definition) is 1. The van der Waals surface area contributed by atoms with Gasteiger partial charge in [-0.05, 0) is 82.0 Å². The van der Waals surface area contributed by atoms with Crippen LogP contribution in [0.3, 0.4) is 0 Å². The smallest absolute Gasteiger partial charge is 0.308 e. The zero-order valence-corrected chi connectivity index (χ0v) is 24.3. The number of likely N-dealkylation sites (tertiary alicyclic amines) is 1. The first kappa shape index (κ1) is 29.7. The van der Waals surface area contributed by atoms with Crippen LogP contribution in [0.4, 0.5) is 5.69 Å². The number of nitriles is 1. The molecule has 1 fully saturated rings. The molecule has 1 saturated heterocycles. The molecule has 2 aromatic carbocycles. The molecule has 9 nitrogen and oxygen atoms in total. The first-order valence-electron chi connectivity index (χ1n) is 14.1.